The van der Waals surface area contributed by atoms with Gasteiger partial charge in [-0.15, -0.1) is 12.4 Å². The number of fused-ring (bicyclic) bond motifs is 1. The second-order valence-corrected chi connectivity index (χ2v) is 9.42. The molecule has 178 valence electrons. The van der Waals surface area contributed by atoms with Crippen molar-refractivity contribution in [1.29, 1.82) is 0 Å². The maximum Gasteiger partial charge on any atom is 0.251 e. The summed E-state index contributed by atoms with van der Waals surface area (Å²) < 4.78 is 6.03. The van der Waals surface area contributed by atoms with Gasteiger partial charge in [0.05, 0.1) is 6.54 Å². The van der Waals surface area contributed by atoms with Crippen LogP contribution in [0.25, 0.3) is 0 Å². The minimum absolute atomic E-state index is 0. The van der Waals surface area contributed by atoms with Crippen molar-refractivity contribution in [3.63, 3.8) is 0 Å². The van der Waals surface area contributed by atoms with E-state index in [1.807, 2.05) is 42.5 Å². The van der Waals surface area contributed by atoms with Gasteiger partial charge in [0.25, 0.3) is 5.91 Å². The summed E-state index contributed by atoms with van der Waals surface area (Å²) >= 11 is 6.17. The van der Waals surface area contributed by atoms with Gasteiger partial charge in [0, 0.05) is 22.0 Å². The third-order valence-corrected chi connectivity index (χ3v) is 7.33. The molecule has 4 nitrogen and oxygen atoms in total. The average molecular weight is 497 g/mol. The molecule has 0 spiro atoms. The zero-order valence-corrected chi connectivity index (χ0v) is 20.6. The summed E-state index contributed by atoms with van der Waals surface area (Å²) in [5.74, 6) is 0.769. The summed E-state index contributed by atoms with van der Waals surface area (Å²) in [6, 6.07) is 24.3. The number of hydrogen-bond donors (Lipinski definition) is 2. The number of carbonyl (C=O) groups is 1. The van der Waals surface area contributed by atoms with Crippen molar-refractivity contribution in [2.75, 3.05) is 19.7 Å². The zero-order chi connectivity index (χ0) is 22.7. The monoisotopic (exact) mass is 496 g/mol. The molecule has 1 amide bonds. The normalized spacial score (nSPS) is 18.1. The number of halogens is 2. The van der Waals surface area contributed by atoms with Gasteiger partial charge in [0.1, 0.15) is 12.4 Å². The lowest BCUT2D eigenvalue weighted by Crippen LogP contribution is -2.49. The smallest absolute Gasteiger partial charge is 0.251 e. The molecule has 34 heavy (non-hydrogen) atoms. The highest BCUT2D eigenvalue weighted by Crippen LogP contribution is 2.53. The minimum Gasteiger partial charge on any atom is -0.492 e. The number of nitrogens with one attached hydrogen (secondary N) is 2. The molecule has 1 heterocycles. The Hall–Kier alpha value is -2.53. The van der Waals surface area contributed by atoms with E-state index in [9.17, 15) is 4.79 Å². The molecule has 1 aliphatic heterocycles. The van der Waals surface area contributed by atoms with Crippen LogP contribution in [-0.4, -0.2) is 25.6 Å². The Morgan fingerprint density at radius 2 is 1.82 bits per heavy atom. The first kappa shape index (κ1) is 24.6. The van der Waals surface area contributed by atoms with Gasteiger partial charge in [0.15, 0.2) is 0 Å². The van der Waals surface area contributed by atoms with E-state index in [2.05, 4.69) is 41.0 Å². The summed E-state index contributed by atoms with van der Waals surface area (Å²) in [7, 11) is 0. The number of benzene rings is 3. The zero-order valence-electron chi connectivity index (χ0n) is 19.1. The summed E-state index contributed by atoms with van der Waals surface area (Å²) in [5.41, 5.74) is 4.85. The second-order valence-electron chi connectivity index (χ2n) is 8.98. The minimum atomic E-state index is -0.0798. The van der Waals surface area contributed by atoms with E-state index in [1.165, 1.54) is 36.0 Å². The van der Waals surface area contributed by atoms with Crippen LogP contribution in [0.15, 0.2) is 72.8 Å². The molecule has 6 heteroatoms. The number of ether oxygens (including phenoxy) is 1. The molecular weight excluding hydrogens is 467 g/mol. The van der Waals surface area contributed by atoms with Crippen LogP contribution >= 0.6 is 24.0 Å². The van der Waals surface area contributed by atoms with Gasteiger partial charge in [-0.05, 0) is 78.9 Å². The van der Waals surface area contributed by atoms with Gasteiger partial charge in [-0.1, -0.05) is 54.4 Å². The summed E-state index contributed by atoms with van der Waals surface area (Å²) in [5, 5.41) is 7.51. The van der Waals surface area contributed by atoms with Crippen molar-refractivity contribution < 1.29 is 9.53 Å². The third kappa shape index (κ3) is 4.95. The Morgan fingerprint density at radius 1 is 1.06 bits per heavy atom. The maximum atomic E-state index is 12.2. The van der Waals surface area contributed by atoms with Crippen LogP contribution in [0.2, 0.25) is 5.02 Å². The van der Waals surface area contributed by atoms with Gasteiger partial charge in [0.2, 0.25) is 0 Å². The van der Waals surface area contributed by atoms with Crippen molar-refractivity contribution in [2.24, 2.45) is 0 Å². The van der Waals surface area contributed by atoms with Crippen molar-refractivity contribution in [3.8, 4) is 5.75 Å². The van der Waals surface area contributed by atoms with Crippen LogP contribution in [0.1, 0.15) is 52.4 Å². The Kier molecular flexibility index (Phi) is 7.82. The molecule has 2 N–H and O–H groups in total. The summed E-state index contributed by atoms with van der Waals surface area (Å²) in [4.78, 5) is 12.2. The molecule has 3 aromatic rings. The van der Waals surface area contributed by atoms with Crippen LogP contribution in [0, 0.1) is 0 Å². The predicted molar refractivity (Wildman–Crippen MR) is 139 cm³/mol. The molecule has 1 unspecified atom stereocenters. The van der Waals surface area contributed by atoms with Crippen molar-refractivity contribution in [1.82, 2.24) is 10.6 Å². The highest BCUT2D eigenvalue weighted by molar-refractivity contribution is 6.30. The van der Waals surface area contributed by atoms with Gasteiger partial charge in [-0.25, -0.2) is 0 Å². The van der Waals surface area contributed by atoms with Gasteiger partial charge < -0.3 is 15.4 Å². The van der Waals surface area contributed by atoms with E-state index in [0.717, 1.165) is 23.7 Å². The van der Waals surface area contributed by atoms with Crippen molar-refractivity contribution in [2.45, 2.75) is 37.1 Å². The first-order valence-corrected chi connectivity index (χ1v) is 12.1. The molecule has 0 bridgehead atoms. The second kappa shape index (κ2) is 10.8. The molecule has 1 aliphatic carbocycles. The number of rotatable bonds is 7. The standard InChI is InChI=1S/C28H29ClN2O2.ClH/c29-23-10-8-22(9-11-23)28(14-4-15-28)26-25-19-24(12-7-20(25)13-16-30-26)33-18-17-31-27(32)21-5-2-1-3-6-21;/h1-3,5-12,19,26,30H,4,13-18H2,(H,31,32);1H. The Bertz CT molecular complexity index is 1120. The highest BCUT2D eigenvalue weighted by Gasteiger charge is 2.47. The first-order valence-electron chi connectivity index (χ1n) is 11.7. The summed E-state index contributed by atoms with van der Waals surface area (Å²) in [6.07, 6.45) is 4.61. The Morgan fingerprint density at radius 3 is 2.53 bits per heavy atom. The van der Waals surface area contributed by atoms with Crippen LogP contribution in [0.3, 0.4) is 0 Å². The largest absolute Gasteiger partial charge is 0.492 e. The van der Waals surface area contributed by atoms with Crippen LogP contribution in [0.5, 0.6) is 5.75 Å². The lowest BCUT2D eigenvalue weighted by Gasteiger charge is -2.50. The van der Waals surface area contributed by atoms with E-state index in [0.29, 0.717) is 18.7 Å². The molecule has 1 fully saturated rings. The van der Waals surface area contributed by atoms with E-state index >= 15 is 0 Å². The number of amides is 1. The quantitative estimate of drug-likeness (QED) is 0.401. The average Bonchev–Trinajstić information content (AvgIpc) is 2.83. The predicted octanol–water partition coefficient (Wildman–Crippen LogP) is 5.88. The Labute approximate surface area is 212 Å². The lowest BCUT2D eigenvalue weighted by molar-refractivity contribution is 0.0947. The molecule has 2 aliphatic rings. The first-order chi connectivity index (χ1) is 16.2. The van der Waals surface area contributed by atoms with E-state index < -0.39 is 0 Å². The fourth-order valence-corrected chi connectivity index (χ4v) is 5.35. The number of hydrogen-bond acceptors (Lipinski definition) is 3. The van der Waals surface area contributed by atoms with Crippen molar-refractivity contribution >= 4 is 29.9 Å². The van der Waals surface area contributed by atoms with E-state index in [-0.39, 0.29) is 29.8 Å². The van der Waals surface area contributed by atoms with Crippen LogP contribution in [0.4, 0.5) is 0 Å². The SMILES string of the molecule is Cl.O=C(NCCOc1ccc2c(c1)C(C1(c3ccc(Cl)cc3)CCC1)NCC2)c1ccccc1. The van der Waals surface area contributed by atoms with Crippen LogP contribution < -0.4 is 15.4 Å². The molecule has 1 atom stereocenters. The molecule has 3 aromatic carbocycles. The van der Waals surface area contributed by atoms with E-state index in [1.54, 1.807) is 0 Å². The highest BCUT2D eigenvalue weighted by atomic mass is 35.5. The molecule has 1 saturated carbocycles. The Balaban J connectivity index is 0.00000274. The van der Waals surface area contributed by atoms with Crippen molar-refractivity contribution in [3.05, 3.63) is 100 Å². The fourth-order valence-electron chi connectivity index (χ4n) is 5.22. The topological polar surface area (TPSA) is 50.4 Å². The van der Waals surface area contributed by atoms with Crippen LogP contribution in [-0.2, 0) is 11.8 Å². The fraction of sp³-hybridized carbons (Fsp3) is 0.321. The third-order valence-electron chi connectivity index (χ3n) is 7.08. The molecule has 0 radical (unpaired) electrons. The molecule has 5 rings (SSSR count). The van der Waals surface area contributed by atoms with Gasteiger partial charge in [-0.3, -0.25) is 4.79 Å². The number of carbonyl (C=O) groups excluding carboxylic acids is 1. The lowest BCUT2D eigenvalue weighted by atomic mass is 9.58. The van der Waals surface area contributed by atoms with E-state index in [4.69, 9.17) is 16.3 Å². The van der Waals surface area contributed by atoms with Gasteiger partial charge >= 0.3 is 0 Å². The summed E-state index contributed by atoms with van der Waals surface area (Å²) in [6.45, 7) is 1.87. The molecular formula is C28H30Cl2N2O2. The maximum absolute atomic E-state index is 12.2. The van der Waals surface area contributed by atoms with Gasteiger partial charge in [-0.2, -0.15) is 0 Å². The molecule has 0 saturated heterocycles. The molecule has 0 aromatic heterocycles.